The van der Waals surface area contributed by atoms with Crippen LogP contribution in [0.5, 0.6) is 0 Å². The minimum atomic E-state index is -4.53. The molecule has 0 spiro atoms. The lowest BCUT2D eigenvalue weighted by atomic mass is 10.1. The van der Waals surface area contributed by atoms with Gasteiger partial charge >= 0.3 is 12.2 Å². The van der Waals surface area contributed by atoms with Gasteiger partial charge in [0.2, 0.25) is 5.89 Å². The third-order valence-electron chi connectivity index (χ3n) is 5.57. The highest BCUT2D eigenvalue weighted by molar-refractivity contribution is 5.78. The number of alkyl halides is 3. The van der Waals surface area contributed by atoms with Crippen LogP contribution in [-0.2, 0) is 9.47 Å². The van der Waals surface area contributed by atoms with Crippen molar-refractivity contribution < 1.29 is 31.9 Å². The van der Waals surface area contributed by atoms with Gasteiger partial charge in [-0.1, -0.05) is 6.07 Å². The monoisotopic (exact) mass is 442 g/mol. The van der Waals surface area contributed by atoms with Gasteiger partial charge in [-0.2, -0.15) is 13.2 Å². The van der Waals surface area contributed by atoms with Crippen LogP contribution in [0.3, 0.4) is 0 Å². The van der Waals surface area contributed by atoms with Crippen LogP contribution in [-0.4, -0.2) is 60.6 Å². The van der Waals surface area contributed by atoms with E-state index in [1.54, 1.807) is 18.2 Å². The number of nitrogens with one attached hydrogen (secondary N) is 1. The highest BCUT2D eigenvalue weighted by Gasteiger charge is 2.48. The molecule has 4 rings (SSSR count). The topological polar surface area (TPSA) is 103 Å². The summed E-state index contributed by atoms with van der Waals surface area (Å²) in [5.74, 6) is 0.319. The number of hydrogen-bond donors (Lipinski definition) is 2. The Labute approximate surface area is 176 Å². The van der Waals surface area contributed by atoms with Crippen molar-refractivity contribution in [1.82, 2.24) is 15.2 Å². The number of methoxy groups -OCH3 is 1. The molecular formula is C20H25F3N4O4. The van der Waals surface area contributed by atoms with Crippen molar-refractivity contribution in [3.8, 4) is 0 Å². The van der Waals surface area contributed by atoms with Gasteiger partial charge in [0.05, 0.1) is 31.4 Å². The number of carbonyl (C=O) groups is 1. The molecule has 1 saturated heterocycles. The van der Waals surface area contributed by atoms with Crippen LogP contribution in [0.1, 0.15) is 43.3 Å². The summed E-state index contributed by atoms with van der Waals surface area (Å²) in [6, 6.07) is 1.05. The van der Waals surface area contributed by atoms with Gasteiger partial charge in [-0.3, -0.25) is 0 Å². The Morgan fingerprint density at radius 2 is 2.13 bits per heavy atom. The number of aromatic nitrogens is 1. The molecule has 11 heteroatoms. The number of nitrogens with two attached hydrogens (primary N) is 1. The van der Waals surface area contributed by atoms with Gasteiger partial charge in [-0.15, -0.1) is 0 Å². The van der Waals surface area contributed by atoms with Crippen LogP contribution in [0, 0.1) is 0 Å². The maximum atomic E-state index is 13.1. The van der Waals surface area contributed by atoms with Crippen LogP contribution >= 0.6 is 0 Å². The molecule has 2 aliphatic rings. The molecule has 2 amide bonds. The van der Waals surface area contributed by atoms with E-state index >= 15 is 0 Å². The fourth-order valence-corrected chi connectivity index (χ4v) is 3.64. The van der Waals surface area contributed by atoms with E-state index < -0.39 is 36.9 Å². The fourth-order valence-electron chi connectivity index (χ4n) is 3.64. The van der Waals surface area contributed by atoms with Gasteiger partial charge in [-0.25, -0.2) is 9.78 Å². The van der Waals surface area contributed by atoms with Crippen molar-refractivity contribution in [2.24, 2.45) is 5.73 Å². The second-order valence-electron chi connectivity index (χ2n) is 8.01. The molecule has 0 bridgehead atoms. The van der Waals surface area contributed by atoms with Gasteiger partial charge in [0.25, 0.3) is 0 Å². The summed E-state index contributed by atoms with van der Waals surface area (Å²) < 4.78 is 56.0. The second-order valence-corrected chi connectivity index (χ2v) is 8.01. The first-order valence-corrected chi connectivity index (χ1v) is 10.1. The Balaban J connectivity index is 1.57. The zero-order valence-electron chi connectivity index (χ0n) is 17.2. The number of oxazole rings is 1. The van der Waals surface area contributed by atoms with Gasteiger partial charge < -0.3 is 29.8 Å². The number of benzene rings is 1. The zero-order valence-corrected chi connectivity index (χ0v) is 17.2. The van der Waals surface area contributed by atoms with Crippen LogP contribution in [0.25, 0.3) is 11.1 Å². The number of carbonyl (C=O) groups excluding carboxylic acids is 1. The maximum absolute atomic E-state index is 13.1. The lowest BCUT2D eigenvalue weighted by molar-refractivity contribution is -0.150. The number of hydrogen-bond acceptors (Lipinski definition) is 6. The number of fused-ring (bicyclic) bond motifs is 1. The Bertz CT molecular complexity index is 946. The minimum Gasteiger partial charge on any atom is -0.439 e. The summed E-state index contributed by atoms with van der Waals surface area (Å²) in [6.07, 6.45) is -2.52. The fraction of sp³-hybridized carbons (Fsp3) is 0.600. The number of halogens is 3. The van der Waals surface area contributed by atoms with E-state index in [1.165, 1.54) is 7.11 Å². The lowest BCUT2D eigenvalue weighted by Gasteiger charge is -2.27. The molecule has 170 valence electrons. The summed E-state index contributed by atoms with van der Waals surface area (Å²) in [5, 5.41) is 1.98. The molecule has 1 aliphatic heterocycles. The van der Waals surface area contributed by atoms with E-state index in [4.69, 9.17) is 19.6 Å². The molecule has 2 heterocycles. The molecule has 1 aromatic carbocycles. The largest absolute Gasteiger partial charge is 0.439 e. The van der Waals surface area contributed by atoms with E-state index in [1.807, 2.05) is 12.2 Å². The van der Waals surface area contributed by atoms with Crippen molar-refractivity contribution >= 4 is 17.1 Å². The highest BCUT2D eigenvalue weighted by atomic mass is 19.4. The SMILES string of the molecule is COCC(c1ccc2oc([C@@H](N)[C@@H](C)OC3CC3)nc2c1)N1C[C@@H](C(F)(F)F)NC1=O. The summed E-state index contributed by atoms with van der Waals surface area (Å²) >= 11 is 0. The number of rotatable bonds is 8. The minimum absolute atomic E-state index is 0.0278. The molecule has 3 N–H and O–H groups in total. The van der Waals surface area contributed by atoms with E-state index in [0.29, 0.717) is 22.6 Å². The molecule has 1 aliphatic carbocycles. The molecular weight excluding hydrogens is 417 g/mol. The van der Waals surface area contributed by atoms with Crippen LogP contribution < -0.4 is 11.1 Å². The Morgan fingerprint density at radius 1 is 1.39 bits per heavy atom. The number of nitrogens with zero attached hydrogens (tertiary/aromatic N) is 2. The third kappa shape index (κ3) is 4.63. The van der Waals surface area contributed by atoms with Crippen molar-refractivity contribution in [1.29, 1.82) is 0 Å². The van der Waals surface area contributed by atoms with Crippen LogP contribution in [0.15, 0.2) is 22.6 Å². The Morgan fingerprint density at radius 3 is 2.74 bits per heavy atom. The van der Waals surface area contributed by atoms with Crippen LogP contribution in [0.2, 0.25) is 0 Å². The standard InChI is InChI=1S/C20H25F3N4O4/c1-10(30-12-4-5-12)17(24)18-25-13-7-11(3-6-15(13)31-18)14(9-29-2)27-8-16(20(21,22)23)26-19(27)28/h3,6-7,10,12,14,16-17H,4-5,8-9,24H2,1-2H3,(H,26,28)/t10-,14?,16+,17+/m1/s1. The van der Waals surface area contributed by atoms with Crippen molar-refractivity contribution in [2.45, 2.75) is 56.3 Å². The molecule has 31 heavy (non-hydrogen) atoms. The zero-order chi connectivity index (χ0) is 22.3. The maximum Gasteiger partial charge on any atom is 0.410 e. The second kappa shape index (κ2) is 8.29. The summed E-state index contributed by atoms with van der Waals surface area (Å²) in [6.45, 7) is 1.39. The van der Waals surface area contributed by atoms with Crippen LogP contribution in [0.4, 0.5) is 18.0 Å². The molecule has 2 aromatic rings. The normalized spacial score (nSPS) is 22.6. The predicted octanol–water partition coefficient (Wildman–Crippen LogP) is 3.04. The first-order chi connectivity index (χ1) is 14.7. The van der Waals surface area contributed by atoms with Gasteiger partial charge in [0.15, 0.2) is 5.58 Å². The predicted molar refractivity (Wildman–Crippen MR) is 104 cm³/mol. The summed E-state index contributed by atoms with van der Waals surface area (Å²) in [4.78, 5) is 17.8. The Hall–Kier alpha value is -2.37. The van der Waals surface area contributed by atoms with Gasteiger partial charge in [0, 0.05) is 7.11 Å². The molecule has 8 nitrogen and oxygen atoms in total. The average Bonchev–Trinajstić information content (AvgIpc) is 3.28. The third-order valence-corrected chi connectivity index (χ3v) is 5.57. The van der Waals surface area contributed by atoms with E-state index in [-0.39, 0.29) is 18.8 Å². The quantitative estimate of drug-likeness (QED) is 0.652. The average molecular weight is 442 g/mol. The molecule has 0 radical (unpaired) electrons. The van der Waals surface area contributed by atoms with E-state index in [2.05, 4.69) is 4.98 Å². The molecule has 1 aromatic heterocycles. The van der Waals surface area contributed by atoms with Crippen molar-refractivity contribution in [3.05, 3.63) is 29.7 Å². The smallest absolute Gasteiger partial charge is 0.410 e. The summed E-state index contributed by atoms with van der Waals surface area (Å²) in [5.41, 5.74) is 7.80. The van der Waals surface area contributed by atoms with Crippen molar-refractivity contribution in [2.75, 3.05) is 20.3 Å². The molecule has 4 atom stereocenters. The first kappa shape index (κ1) is 21.8. The van der Waals surface area contributed by atoms with Gasteiger partial charge in [-0.05, 0) is 37.5 Å². The molecule has 1 saturated carbocycles. The first-order valence-electron chi connectivity index (χ1n) is 10.1. The van der Waals surface area contributed by atoms with Crippen molar-refractivity contribution in [3.63, 3.8) is 0 Å². The molecule has 2 fully saturated rings. The lowest BCUT2D eigenvalue weighted by Crippen LogP contribution is -2.40. The summed E-state index contributed by atoms with van der Waals surface area (Å²) in [7, 11) is 1.43. The molecule has 1 unspecified atom stereocenters. The van der Waals surface area contributed by atoms with Gasteiger partial charge in [0.1, 0.15) is 17.6 Å². The van der Waals surface area contributed by atoms with E-state index in [0.717, 1.165) is 17.7 Å². The highest BCUT2D eigenvalue weighted by Crippen LogP contribution is 2.33. The Kier molecular flexibility index (Phi) is 5.84. The van der Waals surface area contributed by atoms with E-state index in [9.17, 15) is 18.0 Å². The number of urea groups is 1. The number of ether oxygens (including phenoxy) is 2. The number of amides is 2.